The molecule has 0 saturated carbocycles. The van der Waals surface area contributed by atoms with Gasteiger partial charge in [-0.1, -0.05) is 35.3 Å². The topological polar surface area (TPSA) is 66.8 Å². The quantitative estimate of drug-likeness (QED) is 0.464. The van der Waals surface area contributed by atoms with Crippen molar-refractivity contribution in [2.45, 2.75) is 6.54 Å². The van der Waals surface area contributed by atoms with E-state index in [0.717, 1.165) is 13.2 Å². The molecule has 0 aromatic heterocycles. The van der Waals surface area contributed by atoms with Gasteiger partial charge < -0.3 is 14.7 Å². The van der Waals surface area contributed by atoms with Crippen LogP contribution in [0.1, 0.15) is 5.56 Å². The standard InChI is InChI=1S/C18H14Cl2FNO4/c1-26-18(25)16(23)9-17(24)22(10-11-2-4-12(21)5-3-11)13-6-7-14(19)15(20)8-13/h2-9,23H,10H2,1H3/b16-9-. The smallest absolute Gasteiger partial charge is 0.373 e. The molecular formula is C18H14Cl2FNO4. The first-order valence-corrected chi connectivity index (χ1v) is 8.07. The predicted molar refractivity (Wildman–Crippen MR) is 96.8 cm³/mol. The third-order valence-corrected chi connectivity index (χ3v) is 4.13. The zero-order valence-corrected chi connectivity index (χ0v) is 15.1. The zero-order chi connectivity index (χ0) is 19.3. The number of nitrogens with zero attached hydrogens (tertiary/aromatic N) is 1. The maximum Gasteiger partial charge on any atom is 0.373 e. The van der Waals surface area contributed by atoms with E-state index in [9.17, 15) is 19.1 Å². The number of amides is 1. The first-order chi connectivity index (χ1) is 12.3. The van der Waals surface area contributed by atoms with Gasteiger partial charge in [0, 0.05) is 5.69 Å². The Balaban J connectivity index is 2.40. The monoisotopic (exact) mass is 397 g/mol. The van der Waals surface area contributed by atoms with Crippen LogP contribution in [0.15, 0.2) is 54.3 Å². The second-order valence-corrected chi connectivity index (χ2v) is 5.98. The average molecular weight is 398 g/mol. The van der Waals surface area contributed by atoms with Gasteiger partial charge in [0.15, 0.2) is 0 Å². The van der Waals surface area contributed by atoms with Crippen molar-refractivity contribution in [3.8, 4) is 0 Å². The van der Waals surface area contributed by atoms with Crippen LogP contribution in [0.25, 0.3) is 0 Å². The Morgan fingerprint density at radius 2 is 1.81 bits per heavy atom. The number of aliphatic hydroxyl groups excluding tert-OH is 1. The lowest BCUT2D eigenvalue weighted by molar-refractivity contribution is -0.139. The molecule has 0 aliphatic carbocycles. The molecule has 0 atom stereocenters. The highest BCUT2D eigenvalue weighted by atomic mass is 35.5. The summed E-state index contributed by atoms with van der Waals surface area (Å²) in [5, 5.41) is 10.2. The molecule has 0 bridgehead atoms. The number of benzene rings is 2. The molecular weight excluding hydrogens is 384 g/mol. The second-order valence-electron chi connectivity index (χ2n) is 5.17. The number of esters is 1. The van der Waals surface area contributed by atoms with Gasteiger partial charge in [-0.25, -0.2) is 9.18 Å². The third kappa shape index (κ3) is 4.97. The van der Waals surface area contributed by atoms with Crippen LogP contribution in [0.2, 0.25) is 10.0 Å². The minimum atomic E-state index is -1.05. The zero-order valence-electron chi connectivity index (χ0n) is 13.6. The number of carbonyl (C=O) groups excluding carboxylic acids is 2. The summed E-state index contributed by atoms with van der Waals surface area (Å²) in [5.41, 5.74) is 0.999. The summed E-state index contributed by atoms with van der Waals surface area (Å²) < 4.78 is 17.5. The van der Waals surface area contributed by atoms with E-state index in [2.05, 4.69) is 4.74 Å². The number of aliphatic hydroxyl groups is 1. The average Bonchev–Trinajstić information content (AvgIpc) is 2.62. The molecule has 1 N–H and O–H groups in total. The lowest BCUT2D eigenvalue weighted by atomic mass is 10.2. The molecule has 0 saturated heterocycles. The van der Waals surface area contributed by atoms with E-state index >= 15 is 0 Å². The molecule has 5 nitrogen and oxygen atoms in total. The highest BCUT2D eigenvalue weighted by molar-refractivity contribution is 6.42. The molecule has 8 heteroatoms. The third-order valence-electron chi connectivity index (χ3n) is 3.39. The van der Waals surface area contributed by atoms with E-state index < -0.39 is 23.5 Å². The number of hydrogen-bond donors (Lipinski definition) is 1. The Bertz CT molecular complexity index is 853. The van der Waals surface area contributed by atoms with Crippen LogP contribution < -0.4 is 4.90 Å². The molecule has 0 radical (unpaired) electrons. The van der Waals surface area contributed by atoms with Crippen LogP contribution in [0, 0.1) is 5.82 Å². The predicted octanol–water partition coefficient (Wildman–Crippen LogP) is 4.28. The van der Waals surface area contributed by atoms with Crippen LogP contribution in [-0.4, -0.2) is 24.1 Å². The summed E-state index contributed by atoms with van der Waals surface area (Å²) in [5.74, 6) is -3.00. The molecule has 2 aromatic carbocycles. The van der Waals surface area contributed by atoms with Gasteiger partial charge in [0.05, 0.1) is 29.8 Å². The molecule has 136 valence electrons. The Morgan fingerprint density at radius 3 is 2.38 bits per heavy atom. The number of methoxy groups -OCH3 is 1. The lowest BCUT2D eigenvalue weighted by Gasteiger charge is -2.22. The van der Waals surface area contributed by atoms with Gasteiger partial charge in [-0.05, 0) is 35.9 Å². The fraction of sp³-hybridized carbons (Fsp3) is 0.111. The molecule has 0 aliphatic rings. The molecule has 0 fully saturated rings. The molecule has 1 amide bonds. The number of rotatable bonds is 5. The van der Waals surface area contributed by atoms with Crippen LogP contribution >= 0.6 is 23.2 Å². The summed E-state index contributed by atoms with van der Waals surface area (Å²) in [6.45, 7) is 0.0437. The van der Waals surface area contributed by atoms with Gasteiger partial charge in [-0.2, -0.15) is 0 Å². The molecule has 0 heterocycles. The summed E-state index contributed by atoms with van der Waals surface area (Å²) in [4.78, 5) is 25.1. The van der Waals surface area contributed by atoms with Crippen molar-refractivity contribution < 1.29 is 23.8 Å². The largest absolute Gasteiger partial charge is 0.502 e. The van der Waals surface area contributed by atoms with Crippen molar-refractivity contribution in [3.05, 3.63) is 75.7 Å². The summed E-state index contributed by atoms with van der Waals surface area (Å²) in [7, 11) is 1.08. The van der Waals surface area contributed by atoms with E-state index in [0.29, 0.717) is 16.3 Å². The van der Waals surface area contributed by atoms with Crippen LogP contribution in [0.5, 0.6) is 0 Å². The van der Waals surface area contributed by atoms with E-state index in [4.69, 9.17) is 23.2 Å². The van der Waals surface area contributed by atoms with Crippen molar-refractivity contribution in [1.29, 1.82) is 0 Å². The van der Waals surface area contributed by atoms with Crippen molar-refractivity contribution in [1.82, 2.24) is 0 Å². The van der Waals surface area contributed by atoms with Gasteiger partial charge in [0.2, 0.25) is 5.76 Å². The minimum Gasteiger partial charge on any atom is -0.502 e. The van der Waals surface area contributed by atoms with Crippen molar-refractivity contribution >= 4 is 40.8 Å². The van der Waals surface area contributed by atoms with Gasteiger partial charge in [0.1, 0.15) is 5.82 Å². The van der Waals surface area contributed by atoms with Crippen molar-refractivity contribution in [2.75, 3.05) is 12.0 Å². The number of anilines is 1. The van der Waals surface area contributed by atoms with Crippen molar-refractivity contribution in [3.63, 3.8) is 0 Å². The molecule has 0 unspecified atom stereocenters. The van der Waals surface area contributed by atoms with Gasteiger partial charge >= 0.3 is 5.97 Å². The summed E-state index contributed by atoms with van der Waals surface area (Å²) >= 11 is 11.9. The molecule has 0 spiro atoms. The Morgan fingerprint density at radius 1 is 1.15 bits per heavy atom. The highest BCUT2D eigenvalue weighted by Crippen LogP contribution is 2.28. The van der Waals surface area contributed by atoms with Gasteiger partial charge in [0.25, 0.3) is 5.91 Å². The van der Waals surface area contributed by atoms with Crippen molar-refractivity contribution in [2.24, 2.45) is 0 Å². The number of halogens is 3. The lowest BCUT2D eigenvalue weighted by Crippen LogP contribution is -2.29. The van der Waals surface area contributed by atoms with E-state index in [1.54, 1.807) is 6.07 Å². The summed E-state index contributed by atoms with van der Waals surface area (Å²) in [6.07, 6.45) is 0.734. The fourth-order valence-corrected chi connectivity index (χ4v) is 2.37. The Labute approximate surface area is 159 Å². The van der Waals surface area contributed by atoms with E-state index in [1.807, 2.05) is 0 Å². The van der Waals surface area contributed by atoms with Crippen LogP contribution in [0.3, 0.4) is 0 Å². The van der Waals surface area contributed by atoms with Gasteiger partial charge in [-0.3, -0.25) is 4.79 Å². The SMILES string of the molecule is COC(=O)/C(O)=C/C(=O)N(Cc1ccc(F)cc1)c1ccc(Cl)c(Cl)c1. The molecule has 2 aromatic rings. The number of ether oxygens (including phenoxy) is 1. The molecule has 2 rings (SSSR count). The Hall–Kier alpha value is -2.57. The normalized spacial score (nSPS) is 11.2. The number of hydrogen-bond acceptors (Lipinski definition) is 4. The van der Waals surface area contributed by atoms with Crippen LogP contribution in [0.4, 0.5) is 10.1 Å². The highest BCUT2D eigenvalue weighted by Gasteiger charge is 2.19. The first-order valence-electron chi connectivity index (χ1n) is 7.31. The van der Waals surface area contributed by atoms with E-state index in [1.165, 1.54) is 41.3 Å². The minimum absolute atomic E-state index is 0.0437. The van der Waals surface area contributed by atoms with E-state index in [-0.39, 0.29) is 11.6 Å². The first kappa shape index (κ1) is 19.8. The fourth-order valence-electron chi connectivity index (χ4n) is 2.08. The molecule has 26 heavy (non-hydrogen) atoms. The maximum atomic E-state index is 13.1. The maximum absolute atomic E-state index is 13.1. The van der Waals surface area contributed by atoms with Gasteiger partial charge in [-0.15, -0.1) is 0 Å². The summed E-state index contributed by atoms with van der Waals surface area (Å²) in [6, 6.07) is 10.1. The second kappa shape index (κ2) is 8.69. The molecule has 0 aliphatic heterocycles. The van der Waals surface area contributed by atoms with Crippen LogP contribution in [-0.2, 0) is 20.9 Å². The Kier molecular flexibility index (Phi) is 6.60. The number of carbonyl (C=O) groups is 2.